The van der Waals surface area contributed by atoms with Crippen LogP contribution in [-0.4, -0.2) is 34.8 Å². The zero-order valence-electron chi connectivity index (χ0n) is 10.8. The van der Waals surface area contributed by atoms with Crippen LogP contribution in [0.25, 0.3) is 0 Å². The zero-order valence-corrected chi connectivity index (χ0v) is 11.6. The molecule has 0 bridgehead atoms. The van der Waals surface area contributed by atoms with Crippen molar-refractivity contribution in [2.45, 2.75) is 50.5 Å². The fraction of sp³-hybridized carbons (Fsp3) is 0.929. The molecule has 3 nitrogen and oxygen atoms in total. The van der Waals surface area contributed by atoms with E-state index in [1.807, 2.05) is 11.8 Å². The normalized spacial score (nSPS) is 33.9. The Labute approximate surface area is 113 Å². The molecule has 2 saturated heterocycles. The van der Waals surface area contributed by atoms with Crippen LogP contribution in [0.15, 0.2) is 0 Å². The molecule has 1 atom stereocenters. The lowest BCUT2D eigenvalue weighted by molar-refractivity contribution is -0.174. The van der Waals surface area contributed by atoms with Gasteiger partial charge in [0.05, 0.1) is 11.0 Å². The number of aliphatic carboxylic acids is 1. The van der Waals surface area contributed by atoms with E-state index in [4.69, 9.17) is 4.74 Å². The molecule has 1 unspecified atom stereocenters. The summed E-state index contributed by atoms with van der Waals surface area (Å²) in [6, 6.07) is 0. The minimum absolute atomic E-state index is 0.0200. The predicted octanol–water partition coefficient (Wildman–Crippen LogP) is 2.93. The van der Waals surface area contributed by atoms with Gasteiger partial charge in [-0.05, 0) is 55.9 Å². The van der Waals surface area contributed by atoms with E-state index in [2.05, 4.69) is 0 Å². The Kier molecular flexibility index (Phi) is 3.35. The fourth-order valence-corrected chi connectivity index (χ4v) is 5.18. The fourth-order valence-electron chi connectivity index (χ4n) is 3.95. The molecule has 1 spiro atoms. The molecule has 2 heterocycles. The zero-order chi connectivity index (χ0) is 12.6. The lowest BCUT2D eigenvalue weighted by Crippen LogP contribution is -2.52. The standard InChI is InChI=1S/C14H22O3S/c15-12(16)14(3-1-4-14)11-2-7-17-13(10-11)5-8-18-9-6-13/h11H,1-10H2,(H,15,16). The highest BCUT2D eigenvalue weighted by Crippen LogP contribution is 2.54. The van der Waals surface area contributed by atoms with Crippen LogP contribution in [0, 0.1) is 11.3 Å². The van der Waals surface area contributed by atoms with Gasteiger partial charge in [0.1, 0.15) is 0 Å². The molecule has 0 aromatic carbocycles. The third-order valence-corrected chi connectivity index (χ3v) is 6.34. The van der Waals surface area contributed by atoms with Crippen molar-refractivity contribution in [2.75, 3.05) is 18.1 Å². The smallest absolute Gasteiger partial charge is 0.309 e. The van der Waals surface area contributed by atoms with Gasteiger partial charge in [-0.25, -0.2) is 0 Å². The van der Waals surface area contributed by atoms with Crippen LogP contribution in [-0.2, 0) is 9.53 Å². The second-order valence-corrected chi connectivity index (χ2v) is 7.37. The van der Waals surface area contributed by atoms with Crippen molar-refractivity contribution in [3.05, 3.63) is 0 Å². The van der Waals surface area contributed by atoms with E-state index >= 15 is 0 Å². The molecular weight excluding hydrogens is 248 g/mol. The minimum atomic E-state index is -0.555. The summed E-state index contributed by atoms with van der Waals surface area (Å²) in [7, 11) is 0. The average Bonchev–Trinajstić information content (AvgIpc) is 2.28. The Morgan fingerprint density at radius 1 is 1.22 bits per heavy atom. The summed E-state index contributed by atoms with van der Waals surface area (Å²) in [5.41, 5.74) is -0.381. The summed E-state index contributed by atoms with van der Waals surface area (Å²) in [5, 5.41) is 9.58. The molecule has 4 heteroatoms. The third-order valence-electron chi connectivity index (χ3n) is 5.35. The molecule has 1 saturated carbocycles. The van der Waals surface area contributed by atoms with Crippen molar-refractivity contribution < 1.29 is 14.6 Å². The topological polar surface area (TPSA) is 46.5 Å². The lowest BCUT2D eigenvalue weighted by atomic mass is 9.57. The first-order valence-corrected chi connectivity index (χ1v) is 8.28. The molecular formula is C14H22O3S. The first-order valence-electron chi connectivity index (χ1n) is 7.12. The Hall–Kier alpha value is -0.220. The number of rotatable bonds is 2. The minimum Gasteiger partial charge on any atom is -0.481 e. The molecule has 3 aliphatic rings. The summed E-state index contributed by atoms with van der Waals surface area (Å²) in [6.07, 6.45) is 7.02. The number of hydrogen-bond donors (Lipinski definition) is 1. The van der Waals surface area contributed by atoms with Gasteiger partial charge in [0.15, 0.2) is 0 Å². The van der Waals surface area contributed by atoms with Gasteiger partial charge >= 0.3 is 5.97 Å². The Balaban J connectivity index is 1.75. The molecule has 102 valence electrons. The SMILES string of the molecule is O=C(O)C1(C2CCOC3(CCSCC3)C2)CCC1. The maximum Gasteiger partial charge on any atom is 0.309 e. The molecule has 18 heavy (non-hydrogen) atoms. The van der Waals surface area contributed by atoms with Crippen molar-refractivity contribution in [2.24, 2.45) is 11.3 Å². The summed E-state index contributed by atoms with van der Waals surface area (Å²) in [5.74, 6) is 2.14. The number of ether oxygens (including phenoxy) is 1. The maximum absolute atomic E-state index is 11.6. The molecule has 3 fully saturated rings. The van der Waals surface area contributed by atoms with Gasteiger partial charge in [-0.1, -0.05) is 6.42 Å². The molecule has 0 aromatic heterocycles. The van der Waals surface area contributed by atoms with Gasteiger partial charge in [-0.15, -0.1) is 0 Å². The van der Waals surface area contributed by atoms with Crippen molar-refractivity contribution in [1.29, 1.82) is 0 Å². The third kappa shape index (κ3) is 1.97. The highest BCUT2D eigenvalue weighted by atomic mass is 32.2. The van der Waals surface area contributed by atoms with E-state index in [1.165, 1.54) is 11.5 Å². The first kappa shape index (κ1) is 12.8. The second kappa shape index (κ2) is 4.71. The molecule has 0 aromatic rings. The molecule has 2 aliphatic heterocycles. The largest absolute Gasteiger partial charge is 0.481 e. The van der Waals surface area contributed by atoms with Gasteiger partial charge in [0, 0.05) is 6.61 Å². The van der Waals surface area contributed by atoms with Crippen LogP contribution in [0.1, 0.15) is 44.9 Å². The van der Waals surface area contributed by atoms with Crippen LogP contribution < -0.4 is 0 Å². The van der Waals surface area contributed by atoms with Gasteiger partial charge in [0.2, 0.25) is 0 Å². The van der Waals surface area contributed by atoms with Gasteiger partial charge in [0.25, 0.3) is 0 Å². The molecule has 1 aliphatic carbocycles. The number of carbonyl (C=O) groups is 1. The van der Waals surface area contributed by atoms with E-state index < -0.39 is 11.4 Å². The highest BCUT2D eigenvalue weighted by Gasteiger charge is 2.54. The van der Waals surface area contributed by atoms with Gasteiger partial charge < -0.3 is 9.84 Å². The maximum atomic E-state index is 11.6. The van der Waals surface area contributed by atoms with Crippen molar-refractivity contribution >= 4 is 17.7 Å². The second-order valence-electron chi connectivity index (χ2n) is 6.15. The summed E-state index contributed by atoms with van der Waals surface area (Å²) >= 11 is 2.00. The molecule has 1 N–H and O–H groups in total. The summed E-state index contributed by atoms with van der Waals surface area (Å²) in [4.78, 5) is 11.6. The predicted molar refractivity (Wildman–Crippen MR) is 71.9 cm³/mol. The van der Waals surface area contributed by atoms with Crippen LogP contribution in [0.4, 0.5) is 0 Å². The average molecular weight is 270 g/mol. The first-order chi connectivity index (χ1) is 8.67. The molecule has 0 amide bonds. The van der Waals surface area contributed by atoms with Crippen molar-refractivity contribution in [1.82, 2.24) is 0 Å². The van der Waals surface area contributed by atoms with E-state index in [0.29, 0.717) is 5.92 Å². The van der Waals surface area contributed by atoms with Crippen molar-refractivity contribution in [3.63, 3.8) is 0 Å². The number of hydrogen-bond acceptors (Lipinski definition) is 3. The molecule has 3 rings (SSSR count). The number of thioether (sulfide) groups is 1. The van der Waals surface area contributed by atoms with Crippen LogP contribution in [0.3, 0.4) is 0 Å². The Morgan fingerprint density at radius 2 is 1.94 bits per heavy atom. The van der Waals surface area contributed by atoms with E-state index in [-0.39, 0.29) is 5.60 Å². The quantitative estimate of drug-likeness (QED) is 0.838. The van der Waals surface area contributed by atoms with E-state index in [9.17, 15) is 9.90 Å². The van der Waals surface area contributed by atoms with Gasteiger partial charge in [-0.3, -0.25) is 4.79 Å². The van der Waals surface area contributed by atoms with Gasteiger partial charge in [-0.2, -0.15) is 11.8 Å². The Bertz CT molecular complexity index is 326. The van der Waals surface area contributed by atoms with E-state index in [0.717, 1.165) is 51.6 Å². The van der Waals surface area contributed by atoms with Crippen molar-refractivity contribution in [3.8, 4) is 0 Å². The lowest BCUT2D eigenvalue weighted by Gasteiger charge is -2.51. The van der Waals surface area contributed by atoms with Crippen LogP contribution in [0.5, 0.6) is 0 Å². The Morgan fingerprint density at radius 3 is 2.50 bits per heavy atom. The highest BCUT2D eigenvalue weighted by molar-refractivity contribution is 7.99. The summed E-state index contributed by atoms with van der Waals surface area (Å²) < 4.78 is 6.07. The molecule has 0 radical (unpaired) electrons. The monoisotopic (exact) mass is 270 g/mol. The number of carboxylic acid groups (broad SMARTS) is 1. The summed E-state index contributed by atoms with van der Waals surface area (Å²) in [6.45, 7) is 0.768. The van der Waals surface area contributed by atoms with E-state index in [1.54, 1.807) is 0 Å². The number of carboxylic acids is 1. The van der Waals surface area contributed by atoms with Crippen LogP contribution >= 0.6 is 11.8 Å². The van der Waals surface area contributed by atoms with Crippen LogP contribution in [0.2, 0.25) is 0 Å².